The van der Waals surface area contributed by atoms with Crippen LogP contribution in [0.5, 0.6) is 0 Å². The Morgan fingerprint density at radius 1 is 1.78 bits per heavy atom. The molecular formula is C5H7NOS2. The van der Waals surface area contributed by atoms with E-state index in [-0.39, 0.29) is 0 Å². The first kappa shape index (κ1) is 6.77. The van der Waals surface area contributed by atoms with Crippen molar-refractivity contribution in [2.24, 2.45) is 0 Å². The van der Waals surface area contributed by atoms with Crippen LogP contribution in [-0.4, -0.2) is 10.5 Å². The van der Waals surface area contributed by atoms with Gasteiger partial charge in [0.15, 0.2) is 0 Å². The molecule has 0 aromatic carbocycles. The summed E-state index contributed by atoms with van der Waals surface area (Å²) in [7, 11) is -2.45. The van der Waals surface area contributed by atoms with Crippen LogP contribution in [0.15, 0.2) is 21.7 Å². The largest absolute Gasteiger partial charge is 0.249 e. The summed E-state index contributed by atoms with van der Waals surface area (Å²) < 4.78 is 18.0. The van der Waals surface area contributed by atoms with E-state index in [4.69, 9.17) is 4.78 Å². The van der Waals surface area contributed by atoms with E-state index in [1.54, 1.807) is 11.4 Å². The number of hydrogen-bond acceptors (Lipinski definition) is 3. The summed E-state index contributed by atoms with van der Waals surface area (Å²) >= 11 is 1.47. The third kappa shape index (κ3) is 1.53. The maximum atomic E-state index is 10.9. The molecule has 50 valence electrons. The number of nitrogens with one attached hydrogen (secondary N) is 1. The van der Waals surface area contributed by atoms with Crippen LogP contribution in [0.25, 0.3) is 0 Å². The fraction of sp³-hybridized carbons (Fsp3) is 0.200. The molecule has 1 unspecified atom stereocenters. The topological polar surface area (TPSA) is 40.9 Å². The molecule has 1 rings (SSSR count). The second-order valence-corrected chi connectivity index (χ2v) is 4.74. The van der Waals surface area contributed by atoms with Crippen molar-refractivity contribution >= 4 is 21.1 Å². The van der Waals surface area contributed by atoms with E-state index in [2.05, 4.69) is 0 Å². The summed E-state index contributed by atoms with van der Waals surface area (Å²) in [5.74, 6) is 0. The minimum Gasteiger partial charge on any atom is -0.249 e. The zero-order valence-corrected chi connectivity index (χ0v) is 6.59. The van der Waals surface area contributed by atoms with Crippen molar-refractivity contribution in [2.75, 3.05) is 6.26 Å². The molecule has 0 amide bonds. The summed E-state index contributed by atoms with van der Waals surface area (Å²) in [6.07, 6.45) is 1.43. The predicted octanol–water partition coefficient (Wildman–Crippen LogP) is 1.78. The first-order valence-electron chi connectivity index (χ1n) is 2.37. The van der Waals surface area contributed by atoms with E-state index >= 15 is 0 Å². The lowest BCUT2D eigenvalue weighted by Gasteiger charge is -1.91. The van der Waals surface area contributed by atoms with Gasteiger partial charge in [-0.2, -0.15) is 11.3 Å². The van der Waals surface area contributed by atoms with Crippen LogP contribution in [-0.2, 0) is 9.73 Å². The molecule has 1 N–H and O–H groups in total. The molecule has 0 fully saturated rings. The summed E-state index contributed by atoms with van der Waals surface area (Å²) in [6, 6.07) is 1.72. The Bertz CT molecular complexity index is 272. The van der Waals surface area contributed by atoms with Crippen LogP contribution in [0.3, 0.4) is 0 Å². The van der Waals surface area contributed by atoms with Gasteiger partial charge in [0.25, 0.3) is 0 Å². The maximum Gasteiger partial charge on any atom is 0.0705 e. The zero-order chi connectivity index (χ0) is 6.91. The van der Waals surface area contributed by atoms with Gasteiger partial charge < -0.3 is 0 Å². The van der Waals surface area contributed by atoms with E-state index in [0.29, 0.717) is 4.90 Å². The lowest BCUT2D eigenvalue weighted by molar-refractivity contribution is 0.679. The van der Waals surface area contributed by atoms with Crippen molar-refractivity contribution in [2.45, 2.75) is 4.90 Å². The lowest BCUT2D eigenvalue weighted by Crippen LogP contribution is -1.90. The summed E-state index contributed by atoms with van der Waals surface area (Å²) in [4.78, 5) is 0.632. The number of thiophene rings is 1. The first-order chi connectivity index (χ1) is 4.11. The average Bonchev–Trinajstić information content (AvgIpc) is 2.08. The van der Waals surface area contributed by atoms with Crippen molar-refractivity contribution in [1.82, 2.24) is 0 Å². The fourth-order valence-electron chi connectivity index (χ4n) is 0.474. The summed E-state index contributed by atoms with van der Waals surface area (Å²) in [6.45, 7) is 0. The molecule has 0 aliphatic rings. The van der Waals surface area contributed by atoms with E-state index in [1.165, 1.54) is 17.6 Å². The molecule has 0 aliphatic carbocycles. The molecule has 2 nitrogen and oxygen atoms in total. The van der Waals surface area contributed by atoms with Crippen molar-refractivity contribution in [1.29, 1.82) is 4.78 Å². The smallest absolute Gasteiger partial charge is 0.0705 e. The molecule has 0 saturated carbocycles. The van der Waals surface area contributed by atoms with Gasteiger partial charge in [0.2, 0.25) is 0 Å². The maximum absolute atomic E-state index is 10.9. The molecule has 1 atom stereocenters. The van der Waals surface area contributed by atoms with Crippen molar-refractivity contribution in [3.05, 3.63) is 16.8 Å². The summed E-state index contributed by atoms with van der Waals surface area (Å²) in [5, 5.41) is 3.57. The van der Waals surface area contributed by atoms with Crippen molar-refractivity contribution < 1.29 is 4.21 Å². The molecular weight excluding hydrogens is 154 g/mol. The van der Waals surface area contributed by atoms with Crippen LogP contribution in [0.4, 0.5) is 0 Å². The lowest BCUT2D eigenvalue weighted by atomic mass is 10.7. The van der Waals surface area contributed by atoms with Crippen molar-refractivity contribution in [3.63, 3.8) is 0 Å². The van der Waals surface area contributed by atoms with Gasteiger partial charge in [-0.1, -0.05) is 0 Å². The molecule has 0 bridgehead atoms. The Hall–Kier alpha value is -0.350. The molecule has 0 aliphatic heterocycles. The number of hydrogen-bond donors (Lipinski definition) is 1. The molecule has 0 radical (unpaired) electrons. The Balaban J connectivity index is 3.20. The van der Waals surface area contributed by atoms with E-state index in [1.807, 2.05) is 5.38 Å². The second-order valence-electron chi connectivity index (χ2n) is 1.80. The Morgan fingerprint density at radius 2 is 2.44 bits per heavy atom. The molecule has 1 aromatic heterocycles. The number of rotatable bonds is 1. The Kier molecular flexibility index (Phi) is 1.59. The standard InChI is InChI=1S/C5H7NOS2/c1-9(6,7)5-2-3-8-4-5/h2-4,6H,1H3. The summed E-state index contributed by atoms with van der Waals surface area (Å²) in [5.41, 5.74) is 0. The van der Waals surface area contributed by atoms with Crippen LogP contribution in [0, 0.1) is 4.78 Å². The SMILES string of the molecule is CS(=N)(=O)c1ccsc1. The van der Waals surface area contributed by atoms with E-state index in [9.17, 15) is 4.21 Å². The van der Waals surface area contributed by atoms with Crippen LogP contribution < -0.4 is 0 Å². The highest BCUT2D eigenvalue weighted by atomic mass is 32.2. The van der Waals surface area contributed by atoms with Gasteiger partial charge in [-0.05, 0) is 11.4 Å². The molecule has 0 saturated heterocycles. The molecule has 1 heterocycles. The van der Waals surface area contributed by atoms with Gasteiger partial charge in [0.1, 0.15) is 0 Å². The van der Waals surface area contributed by atoms with Gasteiger partial charge in [0, 0.05) is 11.6 Å². The molecule has 1 aromatic rings. The van der Waals surface area contributed by atoms with Crippen LogP contribution in [0.1, 0.15) is 0 Å². The highest BCUT2D eigenvalue weighted by molar-refractivity contribution is 7.91. The van der Waals surface area contributed by atoms with E-state index < -0.39 is 9.73 Å². The third-order valence-corrected chi connectivity index (χ3v) is 2.93. The average molecular weight is 161 g/mol. The third-order valence-electron chi connectivity index (χ3n) is 0.945. The van der Waals surface area contributed by atoms with Gasteiger partial charge in [-0.15, -0.1) is 0 Å². The normalized spacial score (nSPS) is 17.0. The van der Waals surface area contributed by atoms with Gasteiger partial charge >= 0.3 is 0 Å². The first-order valence-corrected chi connectivity index (χ1v) is 5.27. The fourth-order valence-corrected chi connectivity index (χ4v) is 2.31. The van der Waals surface area contributed by atoms with Gasteiger partial charge in [-0.25, -0.2) is 8.99 Å². The highest BCUT2D eigenvalue weighted by Gasteiger charge is 2.00. The van der Waals surface area contributed by atoms with Crippen molar-refractivity contribution in [3.8, 4) is 0 Å². The zero-order valence-electron chi connectivity index (χ0n) is 4.96. The molecule has 0 spiro atoms. The highest BCUT2D eigenvalue weighted by Crippen LogP contribution is 2.12. The monoisotopic (exact) mass is 161 g/mol. The van der Waals surface area contributed by atoms with Gasteiger partial charge in [-0.3, -0.25) is 0 Å². The van der Waals surface area contributed by atoms with Crippen LogP contribution in [0.2, 0.25) is 0 Å². The minimum absolute atomic E-state index is 0.632. The Labute approximate surface area is 58.5 Å². The molecule has 9 heavy (non-hydrogen) atoms. The second kappa shape index (κ2) is 2.11. The van der Waals surface area contributed by atoms with Crippen LogP contribution >= 0.6 is 11.3 Å². The van der Waals surface area contributed by atoms with Gasteiger partial charge in [0.05, 0.1) is 14.6 Å². The predicted molar refractivity (Wildman–Crippen MR) is 39.4 cm³/mol. The van der Waals surface area contributed by atoms with E-state index in [0.717, 1.165) is 0 Å². The Morgan fingerprint density at radius 3 is 2.67 bits per heavy atom. The molecule has 4 heteroatoms. The quantitative estimate of drug-likeness (QED) is 0.670. The minimum atomic E-state index is -2.45.